The van der Waals surface area contributed by atoms with Gasteiger partial charge in [-0.2, -0.15) is 0 Å². The van der Waals surface area contributed by atoms with E-state index >= 15 is 0 Å². The number of amidine groups is 1. The summed E-state index contributed by atoms with van der Waals surface area (Å²) in [6.45, 7) is 7.31. The molecule has 1 fully saturated rings. The van der Waals surface area contributed by atoms with Crippen LogP contribution in [0.15, 0.2) is 28.4 Å². The van der Waals surface area contributed by atoms with E-state index in [0.717, 1.165) is 36.0 Å². The fourth-order valence-electron chi connectivity index (χ4n) is 4.26. The molecule has 0 saturated carbocycles. The monoisotopic (exact) mass is 424 g/mol. The molecule has 0 radical (unpaired) electrons. The fourth-order valence-corrected chi connectivity index (χ4v) is 4.26. The third kappa shape index (κ3) is 4.56. The molecule has 0 amide bonds. The molecular weight excluding hydrogens is 392 g/mol. The lowest BCUT2D eigenvalue weighted by molar-refractivity contribution is 0.306. The third-order valence-electron chi connectivity index (χ3n) is 5.51. The maximum Gasteiger partial charge on any atom is 0.176 e. The molecule has 9 nitrogen and oxygen atoms in total. The van der Waals surface area contributed by atoms with E-state index in [0.29, 0.717) is 30.7 Å². The van der Waals surface area contributed by atoms with Crippen LogP contribution in [0.1, 0.15) is 32.4 Å². The van der Waals surface area contributed by atoms with Gasteiger partial charge in [0.2, 0.25) is 0 Å². The van der Waals surface area contributed by atoms with Gasteiger partial charge in [0.25, 0.3) is 0 Å². The number of hydrogen-bond donors (Lipinski definition) is 1. The Labute approximate surface area is 183 Å². The summed E-state index contributed by atoms with van der Waals surface area (Å²) in [5.74, 6) is 3.14. The molecule has 0 aromatic carbocycles. The highest BCUT2D eigenvalue weighted by molar-refractivity contribution is 6.01. The predicted octanol–water partition coefficient (Wildman–Crippen LogP) is 2.01. The van der Waals surface area contributed by atoms with Crippen molar-refractivity contribution in [1.29, 1.82) is 0 Å². The van der Waals surface area contributed by atoms with Gasteiger partial charge < -0.3 is 24.8 Å². The number of nitrogens with zero attached hydrogens (tertiary/aromatic N) is 7. The largest absolute Gasteiger partial charge is 0.491 e. The van der Waals surface area contributed by atoms with Crippen LogP contribution >= 0.6 is 0 Å². The van der Waals surface area contributed by atoms with E-state index < -0.39 is 0 Å². The van der Waals surface area contributed by atoms with Gasteiger partial charge >= 0.3 is 0 Å². The highest BCUT2D eigenvalue weighted by Crippen LogP contribution is 2.35. The number of aliphatic imine (C=N–C) groups is 2. The maximum absolute atomic E-state index is 6.10. The Bertz CT molecular complexity index is 978. The molecule has 2 aromatic rings. The molecular formula is C22H32N8O. The molecule has 0 spiro atoms. The maximum atomic E-state index is 6.10. The van der Waals surface area contributed by atoms with E-state index in [9.17, 15) is 0 Å². The number of likely N-dealkylation sites (N-methyl/N-ethyl adjacent to an activating group) is 1. The summed E-state index contributed by atoms with van der Waals surface area (Å²) >= 11 is 0. The van der Waals surface area contributed by atoms with Gasteiger partial charge in [-0.1, -0.05) is 0 Å². The van der Waals surface area contributed by atoms with Crippen molar-refractivity contribution in [1.82, 2.24) is 19.4 Å². The minimum absolute atomic E-state index is 0.0932. The number of rotatable bonds is 5. The number of anilines is 1. The Hall–Kier alpha value is -2.94. The van der Waals surface area contributed by atoms with Crippen LogP contribution in [-0.2, 0) is 6.54 Å². The Morgan fingerprint density at radius 3 is 2.97 bits per heavy atom. The molecule has 166 valence electrons. The average Bonchev–Trinajstić information content (AvgIpc) is 3.30. The van der Waals surface area contributed by atoms with Crippen molar-refractivity contribution >= 4 is 18.0 Å². The van der Waals surface area contributed by atoms with E-state index in [1.807, 2.05) is 26.2 Å². The van der Waals surface area contributed by atoms with E-state index in [1.54, 1.807) is 0 Å². The van der Waals surface area contributed by atoms with Crippen LogP contribution in [0.2, 0.25) is 0 Å². The molecule has 1 saturated heterocycles. The average molecular weight is 425 g/mol. The van der Waals surface area contributed by atoms with E-state index in [1.165, 1.54) is 19.2 Å². The van der Waals surface area contributed by atoms with Gasteiger partial charge in [-0.3, -0.25) is 4.99 Å². The van der Waals surface area contributed by atoms with Crippen molar-refractivity contribution in [3.05, 3.63) is 24.2 Å². The molecule has 4 rings (SSSR count). The fraction of sp³-hybridized carbons (Fsp3) is 0.545. The number of ether oxygens (including phenoxy) is 1. The van der Waals surface area contributed by atoms with Crippen LogP contribution in [0.4, 0.5) is 5.82 Å². The second-order valence-corrected chi connectivity index (χ2v) is 8.61. The van der Waals surface area contributed by atoms with Crippen molar-refractivity contribution < 1.29 is 4.74 Å². The third-order valence-corrected chi connectivity index (χ3v) is 5.51. The molecule has 2 aromatic heterocycles. The zero-order chi connectivity index (χ0) is 22.0. The zero-order valence-electron chi connectivity index (χ0n) is 18.8. The Morgan fingerprint density at radius 1 is 1.39 bits per heavy atom. The summed E-state index contributed by atoms with van der Waals surface area (Å²) in [7, 11) is 4.24. The number of pyridine rings is 1. The lowest BCUT2D eigenvalue weighted by Crippen LogP contribution is -2.38. The first-order valence-electron chi connectivity index (χ1n) is 10.9. The molecule has 4 heterocycles. The minimum Gasteiger partial charge on any atom is -0.491 e. The van der Waals surface area contributed by atoms with Crippen LogP contribution in [-0.4, -0.2) is 77.5 Å². The Kier molecular flexibility index (Phi) is 6.22. The van der Waals surface area contributed by atoms with E-state index in [4.69, 9.17) is 20.4 Å². The van der Waals surface area contributed by atoms with Gasteiger partial charge in [0.1, 0.15) is 29.7 Å². The molecule has 0 bridgehead atoms. The Balaban J connectivity index is 1.68. The smallest absolute Gasteiger partial charge is 0.176 e. The molecule has 2 aliphatic heterocycles. The summed E-state index contributed by atoms with van der Waals surface area (Å²) < 4.78 is 8.18. The quantitative estimate of drug-likeness (QED) is 0.583. The predicted molar refractivity (Wildman–Crippen MR) is 124 cm³/mol. The summed E-state index contributed by atoms with van der Waals surface area (Å²) in [6, 6.07) is 2.63. The van der Waals surface area contributed by atoms with Crippen LogP contribution in [0.3, 0.4) is 0 Å². The van der Waals surface area contributed by atoms with Crippen molar-refractivity contribution in [3.8, 4) is 17.1 Å². The van der Waals surface area contributed by atoms with Crippen LogP contribution in [0.5, 0.6) is 5.75 Å². The Morgan fingerprint density at radius 2 is 2.23 bits per heavy atom. The van der Waals surface area contributed by atoms with Crippen molar-refractivity contribution in [3.63, 3.8) is 0 Å². The van der Waals surface area contributed by atoms with Gasteiger partial charge in [0.15, 0.2) is 5.84 Å². The highest BCUT2D eigenvalue weighted by atomic mass is 16.5. The standard InChI is InChI=1S/C22H32N8O/c1-15(2)26-21(25-14-23)18-13-29-8-9-31-19-10-20(24-11-17(19)22(29)27-18)30-7-5-6-16(30)12-28(3)4/h10-11,13-16H,5-9,12H2,1-4H3,(H2,23,25,26)/t16-/m0/s1. The number of imidazole rings is 1. The highest BCUT2D eigenvalue weighted by Gasteiger charge is 2.28. The second kappa shape index (κ2) is 9.05. The summed E-state index contributed by atoms with van der Waals surface area (Å²) in [5.41, 5.74) is 7.13. The van der Waals surface area contributed by atoms with Crippen LogP contribution in [0, 0.1) is 0 Å². The van der Waals surface area contributed by atoms with Crippen molar-refractivity contribution in [2.45, 2.75) is 45.3 Å². The van der Waals surface area contributed by atoms with Crippen LogP contribution in [0.25, 0.3) is 11.4 Å². The number of nitrogens with two attached hydrogens (primary N) is 1. The van der Waals surface area contributed by atoms with Gasteiger partial charge in [-0.25, -0.2) is 15.0 Å². The van der Waals surface area contributed by atoms with Gasteiger partial charge in [-0.15, -0.1) is 0 Å². The lowest BCUT2D eigenvalue weighted by atomic mass is 10.2. The van der Waals surface area contributed by atoms with Gasteiger partial charge in [0.05, 0.1) is 18.4 Å². The SMILES string of the molecule is CC(C)N=C(N=CN)c1cn2c(n1)-c1cnc(N3CCC[C@H]3CN(C)C)cc1OCC2. The van der Waals surface area contributed by atoms with E-state index in [-0.39, 0.29) is 6.04 Å². The molecule has 31 heavy (non-hydrogen) atoms. The molecule has 1 atom stereocenters. The summed E-state index contributed by atoms with van der Waals surface area (Å²) in [6.07, 6.45) is 7.48. The van der Waals surface area contributed by atoms with Crippen molar-refractivity contribution in [2.24, 2.45) is 15.7 Å². The first kappa shape index (κ1) is 21.3. The minimum atomic E-state index is 0.0932. The molecule has 2 aliphatic rings. The first-order valence-corrected chi connectivity index (χ1v) is 10.9. The number of fused-ring (bicyclic) bond motifs is 3. The normalized spacial score (nSPS) is 19.1. The summed E-state index contributed by atoms with van der Waals surface area (Å²) in [5, 5.41) is 0. The zero-order valence-corrected chi connectivity index (χ0v) is 18.8. The first-order chi connectivity index (χ1) is 15.0. The molecule has 9 heteroatoms. The number of aromatic nitrogens is 3. The van der Waals surface area contributed by atoms with Crippen molar-refractivity contribution in [2.75, 3.05) is 38.7 Å². The van der Waals surface area contributed by atoms with E-state index in [2.05, 4.69) is 44.5 Å². The topological polar surface area (TPSA) is 97.2 Å². The second-order valence-electron chi connectivity index (χ2n) is 8.61. The molecule has 0 unspecified atom stereocenters. The lowest BCUT2D eigenvalue weighted by Gasteiger charge is -2.28. The molecule has 2 N–H and O–H groups in total. The number of hydrogen-bond acceptors (Lipinski definition) is 6. The molecule has 0 aliphatic carbocycles. The van der Waals surface area contributed by atoms with Gasteiger partial charge in [0, 0.05) is 43.6 Å². The van der Waals surface area contributed by atoms with Gasteiger partial charge in [-0.05, 0) is 40.8 Å². The summed E-state index contributed by atoms with van der Waals surface area (Å²) in [4.78, 5) is 23.1. The van der Waals surface area contributed by atoms with Crippen LogP contribution < -0.4 is 15.4 Å².